The topological polar surface area (TPSA) is 47.0 Å². The van der Waals surface area contributed by atoms with E-state index in [9.17, 15) is 0 Å². The van der Waals surface area contributed by atoms with Crippen LogP contribution < -0.4 is 5.32 Å². The standard InChI is InChI=1S/C13H23N3O/c1-5-12-11(9-10(2)15-16-12)13(14-3)7-6-8-17-4/h9,13-14H,5-8H2,1-4H3. The summed E-state index contributed by atoms with van der Waals surface area (Å²) in [6.45, 7) is 4.90. The molecule has 4 heteroatoms. The zero-order chi connectivity index (χ0) is 12.7. The number of methoxy groups -OCH3 is 1. The van der Waals surface area contributed by atoms with Crippen LogP contribution in [0.3, 0.4) is 0 Å². The normalized spacial score (nSPS) is 12.7. The number of aromatic nitrogens is 2. The third-order valence-electron chi connectivity index (χ3n) is 2.93. The quantitative estimate of drug-likeness (QED) is 0.737. The smallest absolute Gasteiger partial charge is 0.0676 e. The van der Waals surface area contributed by atoms with Crippen molar-refractivity contribution in [2.24, 2.45) is 0 Å². The molecule has 0 saturated heterocycles. The fourth-order valence-corrected chi connectivity index (χ4v) is 2.00. The average molecular weight is 237 g/mol. The molecule has 1 N–H and O–H groups in total. The van der Waals surface area contributed by atoms with E-state index >= 15 is 0 Å². The lowest BCUT2D eigenvalue weighted by Crippen LogP contribution is -2.19. The van der Waals surface area contributed by atoms with Crippen LogP contribution in [0.4, 0.5) is 0 Å². The van der Waals surface area contributed by atoms with E-state index in [1.54, 1.807) is 7.11 Å². The molecule has 0 aromatic carbocycles. The van der Waals surface area contributed by atoms with E-state index in [0.717, 1.165) is 37.3 Å². The highest BCUT2D eigenvalue weighted by atomic mass is 16.5. The molecule has 0 saturated carbocycles. The van der Waals surface area contributed by atoms with Gasteiger partial charge < -0.3 is 10.1 Å². The highest BCUT2D eigenvalue weighted by Crippen LogP contribution is 2.21. The van der Waals surface area contributed by atoms with Gasteiger partial charge in [0.1, 0.15) is 0 Å². The van der Waals surface area contributed by atoms with Crippen molar-refractivity contribution >= 4 is 0 Å². The maximum atomic E-state index is 5.10. The minimum atomic E-state index is 0.342. The number of rotatable bonds is 7. The summed E-state index contributed by atoms with van der Waals surface area (Å²) in [6, 6.07) is 2.48. The molecule has 1 unspecified atom stereocenters. The Morgan fingerprint density at radius 1 is 1.41 bits per heavy atom. The van der Waals surface area contributed by atoms with Crippen LogP contribution >= 0.6 is 0 Å². The molecule has 0 spiro atoms. The van der Waals surface area contributed by atoms with E-state index in [2.05, 4.69) is 28.5 Å². The van der Waals surface area contributed by atoms with Crippen LogP contribution in [0.5, 0.6) is 0 Å². The first kappa shape index (κ1) is 14.1. The van der Waals surface area contributed by atoms with E-state index in [0.29, 0.717) is 6.04 Å². The lowest BCUT2D eigenvalue weighted by Gasteiger charge is -2.19. The van der Waals surface area contributed by atoms with Crippen molar-refractivity contribution in [1.82, 2.24) is 15.5 Å². The van der Waals surface area contributed by atoms with Crippen molar-refractivity contribution in [3.63, 3.8) is 0 Å². The fraction of sp³-hybridized carbons (Fsp3) is 0.692. The van der Waals surface area contributed by atoms with Gasteiger partial charge in [-0.25, -0.2) is 0 Å². The molecule has 0 amide bonds. The van der Waals surface area contributed by atoms with Gasteiger partial charge in [0.25, 0.3) is 0 Å². The Labute approximate surface area is 104 Å². The summed E-state index contributed by atoms with van der Waals surface area (Å²) >= 11 is 0. The van der Waals surface area contributed by atoms with Crippen molar-refractivity contribution in [2.75, 3.05) is 20.8 Å². The molecule has 1 heterocycles. The van der Waals surface area contributed by atoms with Gasteiger partial charge in [-0.3, -0.25) is 0 Å². The van der Waals surface area contributed by atoms with Gasteiger partial charge >= 0.3 is 0 Å². The number of ether oxygens (including phenoxy) is 1. The van der Waals surface area contributed by atoms with Gasteiger partial charge in [0, 0.05) is 19.8 Å². The van der Waals surface area contributed by atoms with Crippen LogP contribution in [0.1, 0.15) is 42.8 Å². The Kier molecular flexibility index (Phi) is 6.08. The molecule has 1 rings (SSSR count). The molecule has 4 nitrogen and oxygen atoms in total. The Bertz CT molecular complexity index is 341. The zero-order valence-corrected chi connectivity index (χ0v) is 11.3. The molecule has 0 fully saturated rings. The van der Waals surface area contributed by atoms with Gasteiger partial charge in [0.2, 0.25) is 0 Å². The summed E-state index contributed by atoms with van der Waals surface area (Å²) in [6.07, 6.45) is 3.03. The monoisotopic (exact) mass is 237 g/mol. The number of hydrogen-bond acceptors (Lipinski definition) is 4. The van der Waals surface area contributed by atoms with E-state index in [1.165, 1.54) is 5.56 Å². The predicted molar refractivity (Wildman–Crippen MR) is 69.1 cm³/mol. The third-order valence-corrected chi connectivity index (χ3v) is 2.93. The maximum Gasteiger partial charge on any atom is 0.0676 e. The number of hydrogen-bond donors (Lipinski definition) is 1. The second-order valence-corrected chi connectivity index (χ2v) is 4.22. The van der Waals surface area contributed by atoms with Crippen LogP contribution in [0.2, 0.25) is 0 Å². The zero-order valence-electron chi connectivity index (χ0n) is 11.3. The lowest BCUT2D eigenvalue weighted by atomic mass is 9.99. The van der Waals surface area contributed by atoms with Crippen molar-refractivity contribution < 1.29 is 4.74 Å². The van der Waals surface area contributed by atoms with Crippen molar-refractivity contribution in [2.45, 2.75) is 39.2 Å². The van der Waals surface area contributed by atoms with Crippen molar-refractivity contribution in [3.8, 4) is 0 Å². The second kappa shape index (κ2) is 7.35. The first-order valence-corrected chi connectivity index (χ1v) is 6.22. The van der Waals surface area contributed by atoms with E-state index < -0.39 is 0 Å². The molecule has 0 radical (unpaired) electrons. The van der Waals surface area contributed by atoms with Gasteiger partial charge in [-0.05, 0) is 44.9 Å². The number of nitrogens with zero attached hydrogens (tertiary/aromatic N) is 2. The molecule has 96 valence electrons. The molecule has 17 heavy (non-hydrogen) atoms. The van der Waals surface area contributed by atoms with Gasteiger partial charge in [-0.15, -0.1) is 0 Å². The highest BCUT2D eigenvalue weighted by molar-refractivity contribution is 5.24. The minimum Gasteiger partial charge on any atom is -0.385 e. The van der Waals surface area contributed by atoms with Crippen LogP contribution in [0.15, 0.2) is 6.07 Å². The Balaban J connectivity index is 2.82. The summed E-state index contributed by atoms with van der Waals surface area (Å²) in [7, 11) is 3.73. The minimum absolute atomic E-state index is 0.342. The second-order valence-electron chi connectivity index (χ2n) is 4.22. The lowest BCUT2D eigenvalue weighted by molar-refractivity contribution is 0.189. The third kappa shape index (κ3) is 4.06. The first-order valence-electron chi connectivity index (χ1n) is 6.22. The molecule has 0 aliphatic rings. The summed E-state index contributed by atoms with van der Waals surface area (Å²) in [5.41, 5.74) is 3.34. The molecule has 0 bridgehead atoms. The van der Waals surface area contributed by atoms with Gasteiger partial charge in [0.15, 0.2) is 0 Å². The van der Waals surface area contributed by atoms with Crippen LogP contribution in [-0.4, -0.2) is 31.0 Å². The van der Waals surface area contributed by atoms with Crippen LogP contribution in [0, 0.1) is 6.92 Å². The Morgan fingerprint density at radius 3 is 2.76 bits per heavy atom. The molecule has 1 aromatic heterocycles. The molecular weight excluding hydrogens is 214 g/mol. The Morgan fingerprint density at radius 2 is 2.18 bits per heavy atom. The Hall–Kier alpha value is -1.00. The average Bonchev–Trinajstić information content (AvgIpc) is 2.35. The van der Waals surface area contributed by atoms with Crippen LogP contribution in [0.25, 0.3) is 0 Å². The van der Waals surface area contributed by atoms with Crippen molar-refractivity contribution in [3.05, 3.63) is 23.0 Å². The van der Waals surface area contributed by atoms with Gasteiger partial charge in [0.05, 0.1) is 11.4 Å². The maximum absolute atomic E-state index is 5.10. The van der Waals surface area contributed by atoms with Gasteiger partial charge in [-0.2, -0.15) is 10.2 Å². The molecular formula is C13H23N3O. The highest BCUT2D eigenvalue weighted by Gasteiger charge is 2.14. The van der Waals surface area contributed by atoms with E-state index in [-0.39, 0.29) is 0 Å². The molecule has 1 aromatic rings. The van der Waals surface area contributed by atoms with Crippen LogP contribution in [-0.2, 0) is 11.2 Å². The molecule has 1 atom stereocenters. The van der Waals surface area contributed by atoms with Gasteiger partial charge in [-0.1, -0.05) is 6.92 Å². The fourth-order valence-electron chi connectivity index (χ4n) is 2.00. The molecule has 0 aliphatic carbocycles. The van der Waals surface area contributed by atoms with E-state index in [4.69, 9.17) is 4.74 Å². The molecule has 0 aliphatic heterocycles. The predicted octanol–water partition coefficient (Wildman–Crippen LogP) is 2.03. The van der Waals surface area contributed by atoms with Crippen molar-refractivity contribution in [1.29, 1.82) is 0 Å². The SMILES string of the molecule is CCc1nnc(C)cc1C(CCCOC)NC. The summed E-state index contributed by atoms with van der Waals surface area (Å²) in [5.74, 6) is 0. The summed E-state index contributed by atoms with van der Waals surface area (Å²) < 4.78 is 5.10. The number of nitrogens with one attached hydrogen (secondary N) is 1. The largest absolute Gasteiger partial charge is 0.385 e. The first-order chi connectivity index (χ1) is 8.22. The summed E-state index contributed by atoms with van der Waals surface area (Å²) in [4.78, 5) is 0. The van der Waals surface area contributed by atoms with E-state index in [1.807, 2.05) is 14.0 Å². The summed E-state index contributed by atoms with van der Waals surface area (Å²) in [5, 5.41) is 11.7. The number of aryl methyl sites for hydroxylation is 2.